The summed E-state index contributed by atoms with van der Waals surface area (Å²) in [5, 5.41) is 10.5. The van der Waals surface area contributed by atoms with Gasteiger partial charge >= 0.3 is 0 Å². The molecule has 78 valence electrons. The van der Waals surface area contributed by atoms with Gasteiger partial charge in [-0.25, -0.2) is 0 Å². The van der Waals surface area contributed by atoms with Crippen LogP contribution in [0.1, 0.15) is 11.1 Å². The van der Waals surface area contributed by atoms with Crippen LogP contribution in [0.25, 0.3) is 6.08 Å². The number of nitro benzene ring substituents is 1. The average Bonchev–Trinajstić information content (AvgIpc) is 2.13. The lowest BCUT2D eigenvalue weighted by atomic mass is 10.1. The minimum Gasteiger partial charge on any atom is -0.366 e. The number of benzene rings is 1. The van der Waals surface area contributed by atoms with Crippen LogP contribution in [0.2, 0.25) is 0 Å². The summed E-state index contributed by atoms with van der Waals surface area (Å²) < 4.78 is 0. The van der Waals surface area contributed by atoms with Crippen molar-refractivity contribution in [3.8, 4) is 0 Å². The summed E-state index contributed by atoms with van der Waals surface area (Å²) in [5.74, 6) is -0.584. The van der Waals surface area contributed by atoms with Gasteiger partial charge in [-0.05, 0) is 24.1 Å². The Labute approximate surface area is 86.4 Å². The molecule has 0 unspecified atom stereocenters. The third-order valence-electron chi connectivity index (χ3n) is 1.74. The Morgan fingerprint density at radius 1 is 1.47 bits per heavy atom. The van der Waals surface area contributed by atoms with Gasteiger partial charge in [0.05, 0.1) is 4.92 Å². The number of primary amides is 1. The highest BCUT2D eigenvalue weighted by Crippen LogP contribution is 2.17. The summed E-state index contributed by atoms with van der Waals surface area (Å²) >= 11 is 0. The zero-order valence-corrected chi connectivity index (χ0v) is 8.14. The molecule has 0 radical (unpaired) electrons. The van der Waals surface area contributed by atoms with Crippen molar-refractivity contribution in [2.45, 2.75) is 6.92 Å². The molecule has 1 aromatic rings. The summed E-state index contributed by atoms with van der Waals surface area (Å²) in [5.41, 5.74) is 6.26. The fourth-order valence-electron chi connectivity index (χ4n) is 1.17. The lowest BCUT2D eigenvalue weighted by Crippen LogP contribution is -2.05. The first-order chi connectivity index (χ1) is 6.99. The highest BCUT2D eigenvalue weighted by Gasteiger charge is 2.06. The number of hydrogen-bond acceptors (Lipinski definition) is 3. The number of hydrogen-bond donors (Lipinski definition) is 1. The van der Waals surface area contributed by atoms with Crippen molar-refractivity contribution in [1.29, 1.82) is 0 Å². The van der Waals surface area contributed by atoms with E-state index in [0.717, 1.165) is 5.56 Å². The average molecular weight is 206 g/mol. The first kappa shape index (κ1) is 10.9. The molecule has 0 fully saturated rings. The maximum absolute atomic E-state index is 10.5. The van der Waals surface area contributed by atoms with Gasteiger partial charge in [-0.3, -0.25) is 14.9 Å². The highest BCUT2D eigenvalue weighted by atomic mass is 16.6. The molecule has 0 aliphatic carbocycles. The summed E-state index contributed by atoms with van der Waals surface area (Å²) in [6.45, 7) is 1.74. The molecule has 15 heavy (non-hydrogen) atoms. The Hall–Kier alpha value is -2.17. The summed E-state index contributed by atoms with van der Waals surface area (Å²) in [6, 6.07) is 4.57. The summed E-state index contributed by atoms with van der Waals surface area (Å²) in [7, 11) is 0. The van der Waals surface area contributed by atoms with Crippen LogP contribution in [-0.4, -0.2) is 10.8 Å². The molecule has 0 aliphatic rings. The van der Waals surface area contributed by atoms with E-state index in [9.17, 15) is 14.9 Å². The number of nitro groups is 1. The van der Waals surface area contributed by atoms with E-state index in [-0.39, 0.29) is 5.69 Å². The summed E-state index contributed by atoms with van der Waals surface area (Å²) in [6.07, 6.45) is 2.61. The number of nitrogens with zero attached hydrogens (tertiary/aromatic N) is 1. The Bertz CT molecular complexity index is 438. The van der Waals surface area contributed by atoms with Gasteiger partial charge in [-0.1, -0.05) is 6.07 Å². The molecule has 0 saturated heterocycles. The van der Waals surface area contributed by atoms with Crippen LogP contribution in [0.4, 0.5) is 5.69 Å². The SMILES string of the molecule is Cc1cc(C=CC(N)=O)cc([N+](=O)[O-])c1. The van der Waals surface area contributed by atoms with Crippen LogP contribution in [0, 0.1) is 17.0 Å². The molecule has 0 atom stereocenters. The maximum atomic E-state index is 10.5. The van der Waals surface area contributed by atoms with Crippen LogP contribution < -0.4 is 5.73 Å². The standard InChI is InChI=1S/C10H10N2O3/c1-7-4-8(2-3-10(11)13)6-9(5-7)12(14)15/h2-6H,1H3,(H2,11,13). The molecule has 0 heterocycles. The molecule has 1 rings (SSSR count). The monoisotopic (exact) mass is 206 g/mol. The van der Waals surface area contributed by atoms with Gasteiger partial charge in [-0.2, -0.15) is 0 Å². The van der Waals surface area contributed by atoms with E-state index in [1.807, 2.05) is 0 Å². The number of aryl methyl sites for hydroxylation is 1. The Balaban J connectivity index is 3.09. The fourth-order valence-corrected chi connectivity index (χ4v) is 1.17. The van der Waals surface area contributed by atoms with Crippen molar-refractivity contribution in [3.63, 3.8) is 0 Å². The zero-order chi connectivity index (χ0) is 11.4. The van der Waals surface area contributed by atoms with Gasteiger partial charge in [0.2, 0.25) is 5.91 Å². The highest BCUT2D eigenvalue weighted by molar-refractivity contribution is 5.90. The maximum Gasteiger partial charge on any atom is 0.270 e. The van der Waals surface area contributed by atoms with E-state index >= 15 is 0 Å². The Morgan fingerprint density at radius 2 is 2.13 bits per heavy atom. The first-order valence-electron chi connectivity index (χ1n) is 4.22. The third kappa shape index (κ3) is 3.22. The van der Waals surface area contributed by atoms with E-state index in [1.165, 1.54) is 24.3 Å². The zero-order valence-electron chi connectivity index (χ0n) is 8.14. The van der Waals surface area contributed by atoms with Crippen molar-refractivity contribution in [2.75, 3.05) is 0 Å². The molecule has 0 aliphatic heterocycles. The van der Waals surface area contributed by atoms with E-state index in [0.29, 0.717) is 5.56 Å². The fraction of sp³-hybridized carbons (Fsp3) is 0.100. The number of rotatable bonds is 3. The van der Waals surface area contributed by atoms with E-state index < -0.39 is 10.8 Å². The smallest absolute Gasteiger partial charge is 0.270 e. The molecule has 5 heteroatoms. The van der Waals surface area contributed by atoms with Gasteiger partial charge in [-0.15, -0.1) is 0 Å². The number of amides is 1. The summed E-state index contributed by atoms with van der Waals surface area (Å²) in [4.78, 5) is 20.5. The molecule has 0 bridgehead atoms. The first-order valence-corrected chi connectivity index (χ1v) is 4.22. The second kappa shape index (κ2) is 4.36. The van der Waals surface area contributed by atoms with Gasteiger partial charge in [0.25, 0.3) is 5.69 Å². The van der Waals surface area contributed by atoms with Crippen LogP contribution in [-0.2, 0) is 4.79 Å². The van der Waals surface area contributed by atoms with E-state index in [2.05, 4.69) is 0 Å². The molecule has 0 aromatic heterocycles. The second-order valence-electron chi connectivity index (χ2n) is 3.09. The molecular formula is C10H10N2O3. The topological polar surface area (TPSA) is 86.2 Å². The Kier molecular flexibility index (Phi) is 3.17. The van der Waals surface area contributed by atoms with Crippen LogP contribution in [0.3, 0.4) is 0 Å². The predicted molar refractivity (Wildman–Crippen MR) is 56.1 cm³/mol. The quantitative estimate of drug-likeness (QED) is 0.460. The van der Waals surface area contributed by atoms with Gasteiger partial charge in [0.15, 0.2) is 0 Å². The van der Waals surface area contributed by atoms with Crippen LogP contribution in [0.15, 0.2) is 24.3 Å². The van der Waals surface area contributed by atoms with Gasteiger partial charge < -0.3 is 5.73 Å². The predicted octanol–water partition coefficient (Wildman–Crippen LogP) is 1.40. The third-order valence-corrected chi connectivity index (χ3v) is 1.74. The normalized spacial score (nSPS) is 10.5. The molecule has 0 saturated carbocycles. The molecule has 1 aromatic carbocycles. The molecule has 1 amide bonds. The number of nitrogens with two attached hydrogens (primary N) is 1. The van der Waals surface area contributed by atoms with Crippen LogP contribution in [0.5, 0.6) is 0 Å². The van der Waals surface area contributed by atoms with Crippen molar-refractivity contribution in [2.24, 2.45) is 5.73 Å². The van der Waals surface area contributed by atoms with Gasteiger partial charge in [0, 0.05) is 18.2 Å². The largest absolute Gasteiger partial charge is 0.366 e. The molecule has 2 N–H and O–H groups in total. The lowest BCUT2D eigenvalue weighted by Gasteiger charge is -1.97. The van der Waals surface area contributed by atoms with Crippen LogP contribution >= 0.6 is 0 Å². The van der Waals surface area contributed by atoms with Crippen molar-refractivity contribution in [1.82, 2.24) is 0 Å². The minimum atomic E-state index is -0.584. The number of carbonyl (C=O) groups is 1. The molecular weight excluding hydrogens is 196 g/mol. The van der Waals surface area contributed by atoms with E-state index in [1.54, 1.807) is 13.0 Å². The van der Waals surface area contributed by atoms with E-state index in [4.69, 9.17) is 5.73 Å². The molecule has 5 nitrogen and oxygen atoms in total. The van der Waals surface area contributed by atoms with Gasteiger partial charge in [0.1, 0.15) is 0 Å². The lowest BCUT2D eigenvalue weighted by molar-refractivity contribution is -0.384. The van der Waals surface area contributed by atoms with Crippen molar-refractivity contribution in [3.05, 3.63) is 45.5 Å². The number of non-ortho nitro benzene ring substituents is 1. The number of carbonyl (C=O) groups excluding carboxylic acids is 1. The van der Waals surface area contributed by atoms with Crippen molar-refractivity contribution < 1.29 is 9.72 Å². The molecule has 0 spiro atoms. The Morgan fingerprint density at radius 3 is 2.67 bits per heavy atom. The minimum absolute atomic E-state index is 0.000814. The second-order valence-corrected chi connectivity index (χ2v) is 3.09. The van der Waals surface area contributed by atoms with Crippen molar-refractivity contribution >= 4 is 17.7 Å².